The molecule has 0 heterocycles. The molecule has 5 rings (SSSR count). The van der Waals surface area contributed by atoms with Gasteiger partial charge >= 0.3 is 0 Å². The van der Waals surface area contributed by atoms with Crippen LogP contribution in [0.1, 0.15) is 97.8 Å². The Hall–Kier alpha value is -1.18. The van der Waals surface area contributed by atoms with Crippen LogP contribution in [0.15, 0.2) is 24.3 Å². The van der Waals surface area contributed by atoms with E-state index >= 15 is 0 Å². The summed E-state index contributed by atoms with van der Waals surface area (Å²) in [6.07, 6.45) is 17.6. The second-order valence-corrected chi connectivity index (χ2v) is 12.7. The van der Waals surface area contributed by atoms with E-state index in [-0.39, 0.29) is 0 Å². The summed E-state index contributed by atoms with van der Waals surface area (Å²) in [6.45, 7) is 8.78. The molecule has 0 saturated heterocycles. The molecule has 1 aromatic carbocycles. The van der Waals surface area contributed by atoms with E-state index in [1.807, 2.05) is 24.3 Å². The van der Waals surface area contributed by atoms with Gasteiger partial charge in [-0.25, -0.2) is 0 Å². The van der Waals surface area contributed by atoms with E-state index in [9.17, 15) is 0 Å². The second-order valence-electron chi connectivity index (χ2n) is 12.7. The molecule has 2 nitrogen and oxygen atoms in total. The average Bonchev–Trinajstić information content (AvgIpc) is 3.13. The third-order valence-corrected chi connectivity index (χ3v) is 11.3. The minimum absolute atomic E-state index is 0.590. The SMILES string of the molecule is CC(CCCOc1cccc(N)c1)[C@H]1CC[C@H]2[C@@H]3CCC4CCCC[C@]4(C)[C@H]3CC[C@]12C. The first-order chi connectivity index (χ1) is 15.4. The predicted octanol–water partition coefficient (Wildman–Crippen LogP) is 8.11. The number of hydrogen-bond acceptors (Lipinski definition) is 2. The highest BCUT2D eigenvalue weighted by Gasteiger charge is 2.59. The Kier molecular flexibility index (Phi) is 6.27. The van der Waals surface area contributed by atoms with Crippen molar-refractivity contribution in [2.45, 2.75) is 97.8 Å². The zero-order valence-electron chi connectivity index (χ0n) is 21.0. The number of ether oxygens (including phenoxy) is 1. The number of rotatable bonds is 6. The minimum Gasteiger partial charge on any atom is -0.494 e. The topological polar surface area (TPSA) is 35.2 Å². The highest BCUT2D eigenvalue weighted by atomic mass is 16.5. The smallest absolute Gasteiger partial charge is 0.121 e. The van der Waals surface area contributed by atoms with Crippen LogP contribution in [0, 0.1) is 46.3 Å². The molecule has 178 valence electrons. The Bertz CT molecular complexity index is 791. The highest BCUT2D eigenvalue weighted by molar-refractivity contribution is 5.43. The zero-order chi connectivity index (χ0) is 22.3. The standard InChI is InChI=1S/C30H47NO/c1-21(8-7-19-32-24-11-6-10-23(31)20-24)26-14-15-27-25-13-12-22-9-4-5-17-29(22,2)28(25)16-18-30(26,27)3/h6,10-11,20-22,25-28H,4-5,7-9,12-19,31H2,1-3H3/t21?,22?,25-,26+,27-,28-,29-,30+/m0/s1. The largest absolute Gasteiger partial charge is 0.494 e. The van der Waals surface area contributed by atoms with Crippen molar-refractivity contribution >= 4 is 5.69 Å². The Morgan fingerprint density at radius 2 is 1.81 bits per heavy atom. The van der Waals surface area contributed by atoms with Crippen molar-refractivity contribution in [1.29, 1.82) is 0 Å². The maximum Gasteiger partial charge on any atom is 0.121 e. The van der Waals surface area contributed by atoms with Gasteiger partial charge < -0.3 is 10.5 Å². The van der Waals surface area contributed by atoms with Crippen molar-refractivity contribution in [1.82, 2.24) is 0 Å². The van der Waals surface area contributed by atoms with Gasteiger partial charge in [0.1, 0.15) is 5.75 Å². The van der Waals surface area contributed by atoms with Gasteiger partial charge in [0.2, 0.25) is 0 Å². The van der Waals surface area contributed by atoms with Crippen LogP contribution in [0.5, 0.6) is 5.75 Å². The highest BCUT2D eigenvalue weighted by Crippen LogP contribution is 2.68. The van der Waals surface area contributed by atoms with Crippen molar-refractivity contribution in [3.63, 3.8) is 0 Å². The zero-order valence-corrected chi connectivity index (χ0v) is 21.0. The fourth-order valence-corrected chi connectivity index (χ4v) is 9.67. The molecule has 2 unspecified atom stereocenters. The molecule has 2 N–H and O–H groups in total. The quantitative estimate of drug-likeness (QED) is 0.360. The van der Waals surface area contributed by atoms with Crippen molar-refractivity contribution in [3.05, 3.63) is 24.3 Å². The van der Waals surface area contributed by atoms with Crippen LogP contribution >= 0.6 is 0 Å². The number of fused-ring (bicyclic) bond motifs is 5. The van der Waals surface area contributed by atoms with E-state index in [0.29, 0.717) is 10.8 Å². The number of nitrogens with two attached hydrogens (primary N) is 1. The van der Waals surface area contributed by atoms with Crippen molar-refractivity contribution in [2.75, 3.05) is 12.3 Å². The summed E-state index contributed by atoms with van der Waals surface area (Å²) in [7, 11) is 0. The van der Waals surface area contributed by atoms with Crippen LogP contribution in [-0.4, -0.2) is 6.61 Å². The molecule has 32 heavy (non-hydrogen) atoms. The van der Waals surface area contributed by atoms with E-state index in [2.05, 4.69) is 20.8 Å². The second kappa shape index (κ2) is 8.88. The Labute approximate surface area is 197 Å². The number of anilines is 1. The summed E-state index contributed by atoms with van der Waals surface area (Å²) in [5.41, 5.74) is 7.93. The Morgan fingerprint density at radius 1 is 0.969 bits per heavy atom. The van der Waals surface area contributed by atoms with E-state index in [4.69, 9.17) is 10.5 Å². The predicted molar refractivity (Wildman–Crippen MR) is 135 cm³/mol. The van der Waals surface area contributed by atoms with Gasteiger partial charge in [-0.2, -0.15) is 0 Å². The third-order valence-electron chi connectivity index (χ3n) is 11.3. The number of hydrogen-bond donors (Lipinski definition) is 1. The van der Waals surface area contributed by atoms with Crippen molar-refractivity contribution in [2.24, 2.45) is 46.3 Å². The molecule has 1 aromatic rings. The summed E-state index contributed by atoms with van der Waals surface area (Å²) in [4.78, 5) is 0. The average molecular weight is 438 g/mol. The first-order valence-electron chi connectivity index (χ1n) is 13.9. The summed E-state index contributed by atoms with van der Waals surface area (Å²) in [6, 6.07) is 7.85. The lowest BCUT2D eigenvalue weighted by atomic mass is 9.44. The van der Waals surface area contributed by atoms with Gasteiger partial charge in [-0.05, 0) is 123 Å². The molecule has 0 aliphatic heterocycles. The molecule has 0 spiro atoms. The molecule has 4 fully saturated rings. The van der Waals surface area contributed by atoms with E-state index in [0.717, 1.165) is 60.0 Å². The van der Waals surface area contributed by atoms with Gasteiger partial charge in [-0.3, -0.25) is 0 Å². The lowest BCUT2D eigenvalue weighted by Gasteiger charge is -2.61. The Balaban J connectivity index is 1.19. The van der Waals surface area contributed by atoms with Gasteiger partial charge in [0.25, 0.3) is 0 Å². The molecule has 2 heteroatoms. The summed E-state index contributed by atoms with van der Waals surface area (Å²) in [5.74, 6) is 6.73. The van der Waals surface area contributed by atoms with Gasteiger partial charge in [0, 0.05) is 11.8 Å². The number of nitrogen functional groups attached to an aromatic ring is 1. The van der Waals surface area contributed by atoms with E-state index in [1.54, 1.807) is 6.42 Å². The molecule has 4 aliphatic rings. The number of benzene rings is 1. The van der Waals surface area contributed by atoms with Crippen LogP contribution in [0.2, 0.25) is 0 Å². The molecule has 4 saturated carbocycles. The molecule has 0 amide bonds. The van der Waals surface area contributed by atoms with Crippen LogP contribution in [0.25, 0.3) is 0 Å². The van der Waals surface area contributed by atoms with Crippen LogP contribution in [-0.2, 0) is 0 Å². The lowest BCUT2D eigenvalue weighted by molar-refractivity contribution is -0.114. The van der Waals surface area contributed by atoms with Crippen molar-refractivity contribution in [3.8, 4) is 5.75 Å². The van der Waals surface area contributed by atoms with Gasteiger partial charge in [-0.1, -0.05) is 39.7 Å². The van der Waals surface area contributed by atoms with Crippen LogP contribution in [0.4, 0.5) is 5.69 Å². The summed E-state index contributed by atoms with van der Waals surface area (Å²) in [5, 5.41) is 0. The van der Waals surface area contributed by atoms with E-state index in [1.165, 1.54) is 64.2 Å². The maximum absolute atomic E-state index is 5.98. The fraction of sp³-hybridized carbons (Fsp3) is 0.800. The Morgan fingerprint density at radius 3 is 2.66 bits per heavy atom. The van der Waals surface area contributed by atoms with Gasteiger partial charge in [0.05, 0.1) is 6.61 Å². The molecule has 0 radical (unpaired) electrons. The lowest BCUT2D eigenvalue weighted by Crippen LogP contribution is -2.53. The third kappa shape index (κ3) is 3.88. The van der Waals surface area contributed by atoms with Gasteiger partial charge in [0.15, 0.2) is 0 Å². The molecule has 8 atom stereocenters. The molecular formula is C30H47NO. The maximum atomic E-state index is 5.98. The molecule has 0 bridgehead atoms. The fourth-order valence-electron chi connectivity index (χ4n) is 9.67. The van der Waals surface area contributed by atoms with E-state index < -0.39 is 0 Å². The van der Waals surface area contributed by atoms with Crippen molar-refractivity contribution < 1.29 is 4.74 Å². The molecule has 4 aliphatic carbocycles. The van der Waals surface area contributed by atoms with Crippen LogP contribution < -0.4 is 10.5 Å². The summed E-state index contributed by atoms with van der Waals surface area (Å²) < 4.78 is 5.98. The minimum atomic E-state index is 0.590. The monoisotopic (exact) mass is 437 g/mol. The van der Waals surface area contributed by atoms with Crippen LogP contribution in [0.3, 0.4) is 0 Å². The first-order valence-corrected chi connectivity index (χ1v) is 13.9. The molecule has 0 aromatic heterocycles. The molecular weight excluding hydrogens is 390 g/mol. The summed E-state index contributed by atoms with van der Waals surface area (Å²) >= 11 is 0. The van der Waals surface area contributed by atoms with Gasteiger partial charge in [-0.15, -0.1) is 0 Å². The first kappa shape index (κ1) is 22.6. The normalized spacial score (nSPS) is 41.9.